The van der Waals surface area contributed by atoms with Crippen LogP contribution in [0.5, 0.6) is 0 Å². The number of anilines is 1. The van der Waals surface area contributed by atoms with Crippen LogP contribution in [0.4, 0.5) is 18.3 Å². The van der Waals surface area contributed by atoms with E-state index in [1.807, 2.05) is 29.2 Å². The Hall–Kier alpha value is -2.16. The van der Waals surface area contributed by atoms with Crippen molar-refractivity contribution in [3.8, 4) is 0 Å². The SMILES string of the molecule is O=c1nc(N2CCN(Cc3ccc(Cl)cc3)CC2)sc2ccc(C(F)(F)F)cc12. The van der Waals surface area contributed by atoms with Gasteiger partial charge in [-0.05, 0) is 35.9 Å². The largest absolute Gasteiger partial charge is 0.416 e. The van der Waals surface area contributed by atoms with Crippen LogP contribution in [-0.4, -0.2) is 36.1 Å². The summed E-state index contributed by atoms with van der Waals surface area (Å²) >= 11 is 7.17. The van der Waals surface area contributed by atoms with Crippen LogP contribution in [0, 0.1) is 0 Å². The first kappa shape index (κ1) is 20.1. The lowest BCUT2D eigenvalue weighted by Gasteiger charge is -2.35. The lowest BCUT2D eigenvalue weighted by atomic mass is 10.2. The van der Waals surface area contributed by atoms with Crippen molar-refractivity contribution in [3.63, 3.8) is 0 Å². The second kappa shape index (κ2) is 7.93. The van der Waals surface area contributed by atoms with E-state index in [4.69, 9.17) is 11.6 Å². The maximum absolute atomic E-state index is 12.9. The van der Waals surface area contributed by atoms with Gasteiger partial charge in [-0.2, -0.15) is 18.2 Å². The Morgan fingerprint density at radius 3 is 2.38 bits per heavy atom. The van der Waals surface area contributed by atoms with Gasteiger partial charge >= 0.3 is 6.18 Å². The minimum Gasteiger partial charge on any atom is -0.345 e. The van der Waals surface area contributed by atoms with Gasteiger partial charge < -0.3 is 4.90 Å². The van der Waals surface area contributed by atoms with Gasteiger partial charge in [-0.3, -0.25) is 9.69 Å². The van der Waals surface area contributed by atoms with E-state index in [2.05, 4.69) is 9.88 Å². The average molecular weight is 440 g/mol. The van der Waals surface area contributed by atoms with Crippen LogP contribution in [0.15, 0.2) is 47.3 Å². The highest BCUT2D eigenvalue weighted by molar-refractivity contribution is 7.21. The molecule has 1 aliphatic rings. The molecule has 1 aromatic heterocycles. The fraction of sp³-hybridized carbons (Fsp3) is 0.300. The van der Waals surface area contributed by atoms with Crippen LogP contribution < -0.4 is 10.5 Å². The van der Waals surface area contributed by atoms with Crippen LogP contribution in [0.1, 0.15) is 11.1 Å². The van der Waals surface area contributed by atoms with Crippen molar-refractivity contribution < 1.29 is 13.2 Å². The van der Waals surface area contributed by atoms with E-state index in [-0.39, 0.29) is 5.39 Å². The summed E-state index contributed by atoms with van der Waals surface area (Å²) in [6, 6.07) is 11.0. The Morgan fingerprint density at radius 2 is 1.72 bits per heavy atom. The third-order valence-corrected chi connectivity index (χ3v) is 6.26. The first-order valence-corrected chi connectivity index (χ1v) is 10.2. The predicted molar refractivity (Wildman–Crippen MR) is 110 cm³/mol. The van der Waals surface area contributed by atoms with E-state index in [1.165, 1.54) is 23.0 Å². The van der Waals surface area contributed by atoms with Gasteiger partial charge in [-0.1, -0.05) is 35.1 Å². The van der Waals surface area contributed by atoms with E-state index in [1.54, 1.807) is 0 Å². The number of aromatic nitrogens is 1. The van der Waals surface area contributed by atoms with Crippen molar-refractivity contribution in [3.05, 3.63) is 69.0 Å². The smallest absolute Gasteiger partial charge is 0.345 e. The molecule has 4 rings (SSSR count). The molecule has 29 heavy (non-hydrogen) atoms. The van der Waals surface area contributed by atoms with Crippen LogP contribution >= 0.6 is 22.9 Å². The van der Waals surface area contributed by atoms with Gasteiger partial charge in [0.15, 0.2) is 5.13 Å². The molecular formula is C20H17ClF3N3OS. The molecule has 0 saturated carbocycles. The lowest BCUT2D eigenvalue weighted by Crippen LogP contribution is -2.46. The van der Waals surface area contributed by atoms with E-state index < -0.39 is 17.3 Å². The normalized spacial score (nSPS) is 15.8. The van der Waals surface area contributed by atoms with E-state index >= 15 is 0 Å². The van der Waals surface area contributed by atoms with E-state index in [9.17, 15) is 18.0 Å². The van der Waals surface area contributed by atoms with Crippen LogP contribution in [-0.2, 0) is 12.7 Å². The van der Waals surface area contributed by atoms with Crippen molar-refractivity contribution in [2.45, 2.75) is 12.7 Å². The summed E-state index contributed by atoms with van der Waals surface area (Å²) < 4.78 is 39.2. The quantitative estimate of drug-likeness (QED) is 0.595. The first-order valence-electron chi connectivity index (χ1n) is 9.03. The molecule has 9 heteroatoms. The summed E-state index contributed by atoms with van der Waals surface area (Å²) in [7, 11) is 0. The van der Waals surface area contributed by atoms with Gasteiger partial charge in [0.05, 0.1) is 10.9 Å². The Bertz CT molecular complexity index is 1080. The van der Waals surface area contributed by atoms with E-state index in [0.717, 1.165) is 31.8 Å². The van der Waals surface area contributed by atoms with Crippen molar-refractivity contribution in [2.24, 2.45) is 0 Å². The molecule has 1 fully saturated rings. The summed E-state index contributed by atoms with van der Waals surface area (Å²) in [4.78, 5) is 20.7. The molecule has 4 nitrogen and oxygen atoms in total. The highest BCUT2D eigenvalue weighted by Gasteiger charge is 2.31. The number of hydrogen-bond donors (Lipinski definition) is 0. The van der Waals surface area contributed by atoms with Gasteiger partial charge in [0.2, 0.25) is 0 Å². The number of fused-ring (bicyclic) bond motifs is 1. The monoisotopic (exact) mass is 439 g/mol. The zero-order valence-corrected chi connectivity index (χ0v) is 16.8. The highest BCUT2D eigenvalue weighted by Crippen LogP contribution is 2.33. The topological polar surface area (TPSA) is 36.4 Å². The van der Waals surface area contributed by atoms with Crippen LogP contribution in [0.25, 0.3) is 10.1 Å². The number of rotatable bonds is 3. The van der Waals surface area contributed by atoms with Gasteiger partial charge in [0, 0.05) is 42.4 Å². The molecule has 1 saturated heterocycles. The lowest BCUT2D eigenvalue weighted by molar-refractivity contribution is -0.137. The zero-order valence-electron chi connectivity index (χ0n) is 15.2. The number of benzene rings is 2. The third kappa shape index (κ3) is 4.55. The van der Waals surface area contributed by atoms with Crippen molar-refractivity contribution in [1.29, 1.82) is 0 Å². The highest BCUT2D eigenvalue weighted by atomic mass is 35.5. The molecule has 3 aromatic rings. The molecule has 0 spiro atoms. The molecule has 152 valence electrons. The Kier molecular flexibility index (Phi) is 5.50. The summed E-state index contributed by atoms with van der Waals surface area (Å²) in [5, 5.41) is 1.27. The van der Waals surface area contributed by atoms with Gasteiger partial charge in [0.1, 0.15) is 0 Å². The molecule has 0 N–H and O–H groups in total. The van der Waals surface area contributed by atoms with E-state index in [0.29, 0.717) is 27.9 Å². The number of halogens is 4. The fourth-order valence-corrected chi connectivity index (χ4v) is 4.47. The maximum Gasteiger partial charge on any atom is 0.416 e. The Labute approximate surface area is 174 Å². The molecule has 0 bridgehead atoms. The number of piperazine rings is 1. The zero-order chi connectivity index (χ0) is 20.6. The standard InChI is InChI=1S/C20H17ClF3N3OS/c21-15-4-1-13(2-5-15)12-26-7-9-27(10-8-26)19-25-18(28)16-11-14(20(22,23)24)3-6-17(16)29-19/h1-6,11H,7-10,12H2. The van der Waals surface area contributed by atoms with Crippen LogP contribution in [0.2, 0.25) is 5.02 Å². The third-order valence-electron chi connectivity index (χ3n) is 4.90. The molecule has 2 heterocycles. The first-order chi connectivity index (χ1) is 13.8. The average Bonchev–Trinajstić information content (AvgIpc) is 2.69. The molecule has 0 amide bonds. The molecule has 0 aliphatic carbocycles. The number of hydrogen-bond acceptors (Lipinski definition) is 5. The Balaban J connectivity index is 1.48. The van der Waals surface area contributed by atoms with Crippen molar-refractivity contribution in [2.75, 3.05) is 31.1 Å². The van der Waals surface area contributed by atoms with Gasteiger partial charge in [-0.25, -0.2) is 0 Å². The summed E-state index contributed by atoms with van der Waals surface area (Å²) in [6.45, 7) is 3.81. The minimum absolute atomic E-state index is 0.00921. The summed E-state index contributed by atoms with van der Waals surface area (Å²) in [6.07, 6.45) is -4.48. The minimum atomic E-state index is -4.48. The summed E-state index contributed by atoms with van der Waals surface area (Å²) in [5.41, 5.74) is -0.278. The van der Waals surface area contributed by atoms with Crippen molar-refractivity contribution >= 4 is 38.2 Å². The molecular weight excluding hydrogens is 423 g/mol. The second-order valence-electron chi connectivity index (χ2n) is 6.90. The number of nitrogens with zero attached hydrogens (tertiary/aromatic N) is 3. The number of alkyl halides is 3. The van der Waals surface area contributed by atoms with Gasteiger partial charge in [0.25, 0.3) is 5.56 Å². The fourth-order valence-electron chi connectivity index (χ4n) is 3.31. The Morgan fingerprint density at radius 1 is 1.03 bits per heavy atom. The summed E-state index contributed by atoms with van der Waals surface area (Å²) in [5.74, 6) is 0. The second-order valence-corrected chi connectivity index (χ2v) is 8.35. The van der Waals surface area contributed by atoms with Crippen LogP contribution in [0.3, 0.4) is 0 Å². The van der Waals surface area contributed by atoms with Gasteiger partial charge in [-0.15, -0.1) is 0 Å². The molecule has 1 aliphatic heterocycles. The molecule has 0 unspecified atom stereocenters. The maximum atomic E-state index is 12.9. The van der Waals surface area contributed by atoms with Crippen molar-refractivity contribution in [1.82, 2.24) is 9.88 Å². The predicted octanol–water partition coefficient (Wildman–Crippen LogP) is 4.65. The molecule has 0 atom stereocenters. The molecule has 2 aromatic carbocycles. The molecule has 0 radical (unpaired) electrons.